The van der Waals surface area contributed by atoms with Gasteiger partial charge in [-0.25, -0.2) is 0 Å². The largest absolute Gasteiger partial charge is 0.493 e. The predicted octanol–water partition coefficient (Wildman–Crippen LogP) is 2.68. The normalized spacial score (nSPS) is 12.9. The fourth-order valence-electron chi connectivity index (χ4n) is 2.42. The van der Waals surface area contributed by atoms with E-state index in [2.05, 4.69) is 47.9 Å². The van der Waals surface area contributed by atoms with Gasteiger partial charge >= 0.3 is 0 Å². The zero-order valence-corrected chi connectivity index (χ0v) is 14.4. The fraction of sp³-hybridized carbons (Fsp3) is 0.812. The van der Waals surface area contributed by atoms with Crippen molar-refractivity contribution >= 4 is 0 Å². The SMILES string of the molecule is CCCCC(NCCC)c1c(OC)cnn1CCN(C)C. The van der Waals surface area contributed by atoms with E-state index < -0.39 is 0 Å². The first-order chi connectivity index (χ1) is 10.1. The van der Waals surface area contributed by atoms with E-state index in [4.69, 9.17) is 4.74 Å². The minimum absolute atomic E-state index is 0.324. The maximum Gasteiger partial charge on any atom is 0.161 e. The van der Waals surface area contributed by atoms with Crippen molar-refractivity contribution < 1.29 is 4.74 Å². The second-order valence-corrected chi connectivity index (χ2v) is 5.77. The van der Waals surface area contributed by atoms with E-state index >= 15 is 0 Å². The molecule has 5 heteroatoms. The molecule has 1 rings (SSSR count). The van der Waals surface area contributed by atoms with Gasteiger partial charge in [-0.2, -0.15) is 5.10 Å². The summed E-state index contributed by atoms with van der Waals surface area (Å²) < 4.78 is 7.64. The van der Waals surface area contributed by atoms with Gasteiger partial charge in [0.25, 0.3) is 0 Å². The Kier molecular flexibility index (Phi) is 8.38. The molecule has 1 heterocycles. The number of methoxy groups -OCH3 is 1. The van der Waals surface area contributed by atoms with Gasteiger partial charge in [0, 0.05) is 6.54 Å². The van der Waals surface area contributed by atoms with Gasteiger partial charge in [0.2, 0.25) is 0 Å². The lowest BCUT2D eigenvalue weighted by Gasteiger charge is -2.21. The van der Waals surface area contributed by atoms with Gasteiger partial charge in [0.15, 0.2) is 5.75 Å². The van der Waals surface area contributed by atoms with Crippen LogP contribution < -0.4 is 10.1 Å². The average Bonchev–Trinajstić information content (AvgIpc) is 2.88. The number of rotatable bonds is 11. The number of nitrogens with one attached hydrogen (secondary N) is 1. The van der Waals surface area contributed by atoms with Crippen LogP contribution in [0.15, 0.2) is 6.20 Å². The zero-order chi connectivity index (χ0) is 15.7. The molecular weight excluding hydrogens is 264 g/mol. The molecule has 0 amide bonds. The molecule has 1 N–H and O–H groups in total. The molecule has 1 aromatic heterocycles. The van der Waals surface area contributed by atoms with Gasteiger partial charge in [-0.05, 0) is 33.5 Å². The van der Waals surface area contributed by atoms with Crippen LogP contribution in [-0.2, 0) is 6.54 Å². The topological polar surface area (TPSA) is 42.3 Å². The molecule has 0 spiro atoms. The minimum atomic E-state index is 0.324. The molecule has 0 aliphatic heterocycles. The molecule has 0 bridgehead atoms. The molecule has 1 atom stereocenters. The molecule has 21 heavy (non-hydrogen) atoms. The first kappa shape index (κ1) is 18.0. The third-order valence-electron chi connectivity index (χ3n) is 3.64. The van der Waals surface area contributed by atoms with Crippen LogP contribution in [0.3, 0.4) is 0 Å². The molecule has 0 aromatic carbocycles. The summed E-state index contributed by atoms with van der Waals surface area (Å²) in [6.07, 6.45) is 6.52. The van der Waals surface area contributed by atoms with Crippen molar-refractivity contribution in [1.82, 2.24) is 20.0 Å². The highest BCUT2D eigenvalue weighted by atomic mass is 16.5. The lowest BCUT2D eigenvalue weighted by Crippen LogP contribution is -2.27. The van der Waals surface area contributed by atoms with Crippen molar-refractivity contribution in [2.45, 2.75) is 52.1 Å². The van der Waals surface area contributed by atoms with E-state index in [-0.39, 0.29) is 0 Å². The van der Waals surface area contributed by atoms with Gasteiger partial charge in [-0.15, -0.1) is 0 Å². The Hall–Kier alpha value is -1.07. The van der Waals surface area contributed by atoms with E-state index in [9.17, 15) is 0 Å². The molecule has 0 fully saturated rings. The summed E-state index contributed by atoms with van der Waals surface area (Å²) in [5, 5.41) is 8.18. The van der Waals surface area contributed by atoms with Crippen LogP contribution >= 0.6 is 0 Å². The highest BCUT2D eigenvalue weighted by molar-refractivity contribution is 5.28. The molecule has 5 nitrogen and oxygen atoms in total. The Morgan fingerprint density at radius 2 is 2.10 bits per heavy atom. The van der Waals surface area contributed by atoms with E-state index in [1.807, 2.05) is 6.20 Å². The van der Waals surface area contributed by atoms with Crippen molar-refractivity contribution in [1.29, 1.82) is 0 Å². The highest BCUT2D eigenvalue weighted by Crippen LogP contribution is 2.28. The maximum absolute atomic E-state index is 5.54. The smallest absolute Gasteiger partial charge is 0.161 e. The van der Waals surface area contributed by atoms with Crippen LogP contribution in [0.25, 0.3) is 0 Å². The van der Waals surface area contributed by atoms with Gasteiger partial charge in [0.05, 0.1) is 31.6 Å². The highest BCUT2D eigenvalue weighted by Gasteiger charge is 2.21. The molecular formula is C16H32N4O. The third-order valence-corrected chi connectivity index (χ3v) is 3.64. The maximum atomic E-state index is 5.54. The molecule has 0 aliphatic carbocycles. The molecule has 0 saturated heterocycles. The second kappa shape index (κ2) is 9.79. The standard InChI is InChI=1S/C16H32N4O/c1-6-8-9-14(17-10-7-2)16-15(21-5)13-18-20(16)12-11-19(3)4/h13-14,17H,6-12H2,1-5H3. The number of hydrogen-bond acceptors (Lipinski definition) is 4. The summed E-state index contributed by atoms with van der Waals surface area (Å²) in [6, 6.07) is 0.324. The average molecular weight is 296 g/mol. The zero-order valence-electron chi connectivity index (χ0n) is 14.4. The lowest BCUT2D eigenvalue weighted by molar-refractivity contribution is 0.348. The van der Waals surface area contributed by atoms with Crippen molar-refractivity contribution in [3.05, 3.63) is 11.9 Å². The quantitative estimate of drug-likeness (QED) is 0.682. The number of ether oxygens (including phenoxy) is 1. The van der Waals surface area contributed by atoms with Crippen molar-refractivity contribution in [2.24, 2.45) is 0 Å². The molecule has 1 aromatic rings. The molecule has 0 saturated carbocycles. The summed E-state index contributed by atoms with van der Waals surface area (Å²) in [6.45, 7) is 7.33. The Bertz CT molecular complexity index is 382. The van der Waals surface area contributed by atoms with Crippen LogP contribution in [0, 0.1) is 0 Å². The van der Waals surface area contributed by atoms with Gasteiger partial charge in [-0.1, -0.05) is 26.7 Å². The van der Waals surface area contributed by atoms with Crippen LogP contribution in [0.4, 0.5) is 0 Å². The summed E-state index contributed by atoms with van der Waals surface area (Å²) in [4.78, 5) is 2.18. The van der Waals surface area contributed by atoms with Crippen molar-refractivity contribution in [2.75, 3.05) is 34.3 Å². The van der Waals surface area contributed by atoms with E-state index in [1.165, 1.54) is 18.5 Å². The van der Waals surface area contributed by atoms with Crippen molar-refractivity contribution in [3.63, 3.8) is 0 Å². The second-order valence-electron chi connectivity index (χ2n) is 5.77. The lowest BCUT2D eigenvalue weighted by atomic mass is 10.1. The Morgan fingerprint density at radius 3 is 2.67 bits per heavy atom. The van der Waals surface area contributed by atoms with Gasteiger partial charge < -0.3 is 15.0 Å². The number of unbranched alkanes of at least 4 members (excludes halogenated alkanes) is 1. The number of nitrogens with zero attached hydrogens (tertiary/aromatic N) is 3. The van der Waals surface area contributed by atoms with Crippen LogP contribution in [0.5, 0.6) is 5.75 Å². The Labute approximate surface area is 129 Å². The number of aromatic nitrogens is 2. The van der Waals surface area contributed by atoms with Crippen LogP contribution in [0.2, 0.25) is 0 Å². The van der Waals surface area contributed by atoms with Crippen molar-refractivity contribution in [3.8, 4) is 5.75 Å². The van der Waals surface area contributed by atoms with E-state index in [0.29, 0.717) is 6.04 Å². The third kappa shape index (κ3) is 5.67. The summed E-state index contributed by atoms with van der Waals surface area (Å²) in [5.74, 6) is 0.901. The van der Waals surface area contributed by atoms with E-state index in [0.717, 1.165) is 38.2 Å². The monoisotopic (exact) mass is 296 g/mol. The first-order valence-electron chi connectivity index (χ1n) is 8.11. The van der Waals surface area contributed by atoms with Gasteiger partial charge in [0.1, 0.15) is 0 Å². The number of likely N-dealkylation sites (N-methyl/N-ethyl adjacent to an activating group) is 1. The molecule has 122 valence electrons. The Balaban J connectivity index is 2.92. The minimum Gasteiger partial charge on any atom is -0.493 e. The summed E-state index contributed by atoms with van der Waals surface area (Å²) in [5.41, 5.74) is 1.20. The Morgan fingerprint density at radius 1 is 1.33 bits per heavy atom. The predicted molar refractivity (Wildman–Crippen MR) is 87.9 cm³/mol. The molecule has 0 radical (unpaired) electrons. The van der Waals surface area contributed by atoms with Crippen LogP contribution in [0.1, 0.15) is 51.3 Å². The number of hydrogen-bond donors (Lipinski definition) is 1. The molecule has 0 aliphatic rings. The van der Waals surface area contributed by atoms with E-state index in [1.54, 1.807) is 7.11 Å². The van der Waals surface area contributed by atoms with Crippen LogP contribution in [-0.4, -0.2) is 49.0 Å². The van der Waals surface area contributed by atoms with Gasteiger partial charge in [-0.3, -0.25) is 4.68 Å². The summed E-state index contributed by atoms with van der Waals surface area (Å²) in [7, 11) is 5.90. The summed E-state index contributed by atoms with van der Waals surface area (Å²) >= 11 is 0. The first-order valence-corrected chi connectivity index (χ1v) is 8.11. The fourth-order valence-corrected chi connectivity index (χ4v) is 2.42. The molecule has 1 unspecified atom stereocenters.